The largest absolute Gasteiger partial charge is 0.481 e. The Labute approximate surface area is 135 Å². The van der Waals surface area contributed by atoms with Gasteiger partial charge in [0.15, 0.2) is 6.10 Å². The van der Waals surface area contributed by atoms with Crippen LogP contribution in [0.4, 0.5) is 5.69 Å². The smallest absolute Gasteiger partial charge is 0.337 e. The Bertz CT molecular complexity index is 697. The van der Waals surface area contributed by atoms with Gasteiger partial charge in [0.1, 0.15) is 5.75 Å². The molecule has 0 bridgehead atoms. The van der Waals surface area contributed by atoms with Crippen molar-refractivity contribution in [3.05, 3.63) is 59.7 Å². The van der Waals surface area contributed by atoms with Gasteiger partial charge in [0, 0.05) is 5.69 Å². The number of anilines is 1. The molecule has 2 aromatic carbocycles. The number of esters is 1. The number of nitrogens with one attached hydrogen (secondary N) is 1. The van der Waals surface area contributed by atoms with Crippen LogP contribution >= 0.6 is 0 Å². The zero-order chi connectivity index (χ0) is 16.8. The van der Waals surface area contributed by atoms with Crippen LogP contribution in [0.5, 0.6) is 5.75 Å². The maximum absolute atomic E-state index is 12.3. The van der Waals surface area contributed by atoms with Gasteiger partial charge in [0.25, 0.3) is 5.91 Å². The molecule has 1 atom stereocenters. The lowest BCUT2D eigenvalue weighted by molar-refractivity contribution is -0.122. The van der Waals surface area contributed by atoms with E-state index in [1.54, 1.807) is 37.3 Å². The average molecular weight is 313 g/mol. The fourth-order valence-corrected chi connectivity index (χ4v) is 1.99. The molecule has 0 saturated carbocycles. The molecular formula is C18H19NO4. The first-order chi connectivity index (χ1) is 11.0. The van der Waals surface area contributed by atoms with Crippen molar-refractivity contribution in [3.63, 3.8) is 0 Å². The molecule has 120 valence electrons. The first-order valence-electron chi connectivity index (χ1n) is 7.23. The van der Waals surface area contributed by atoms with Gasteiger partial charge < -0.3 is 14.8 Å². The second kappa shape index (κ2) is 7.45. The number of carbonyl (C=O) groups excluding carboxylic acids is 2. The lowest BCUT2D eigenvalue weighted by atomic mass is 10.1. The van der Waals surface area contributed by atoms with E-state index in [4.69, 9.17) is 4.74 Å². The van der Waals surface area contributed by atoms with Crippen LogP contribution in [0.2, 0.25) is 0 Å². The molecule has 0 unspecified atom stereocenters. The van der Waals surface area contributed by atoms with Crippen LogP contribution in [0.15, 0.2) is 48.5 Å². The van der Waals surface area contributed by atoms with Crippen LogP contribution < -0.4 is 10.1 Å². The molecule has 0 heterocycles. The monoisotopic (exact) mass is 313 g/mol. The number of ether oxygens (including phenoxy) is 2. The number of amides is 1. The minimum atomic E-state index is -0.668. The Morgan fingerprint density at radius 3 is 2.43 bits per heavy atom. The Hall–Kier alpha value is -2.82. The van der Waals surface area contributed by atoms with Crippen molar-refractivity contribution in [1.82, 2.24) is 0 Å². The van der Waals surface area contributed by atoms with E-state index >= 15 is 0 Å². The fourth-order valence-electron chi connectivity index (χ4n) is 1.99. The number of rotatable bonds is 5. The number of methoxy groups -OCH3 is 1. The molecule has 0 saturated heterocycles. The summed E-state index contributed by atoms with van der Waals surface area (Å²) in [7, 11) is 1.32. The second-order valence-electron chi connectivity index (χ2n) is 5.08. The molecule has 5 heteroatoms. The highest BCUT2D eigenvalue weighted by Crippen LogP contribution is 2.19. The third-order valence-corrected chi connectivity index (χ3v) is 3.34. The van der Waals surface area contributed by atoms with Crippen molar-refractivity contribution in [2.24, 2.45) is 0 Å². The summed E-state index contributed by atoms with van der Waals surface area (Å²) in [6, 6.07) is 14.1. The van der Waals surface area contributed by atoms with Crippen molar-refractivity contribution in [1.29, 1.82) is 0 Å². The van der Waals surface area contributed by atoms with E-state index in [2.05, 4.69) is 10.1 Å². The molecular weight excluding hydrogens is 294 g/mol. The Kier molecular flexibility index (Phi) is 5.36. The maximum Gasteiger partial charge on any atom is 0.337 e. The first kappa shape index (κ1) is 16.5. The number of benzene rings is 2. The van der Waals surface area contributed by atoms with E-state index in [0.29, 0.717) is 17.0 Å². The quantitative estimate of drug-likeness (QED) is 0.861. The molecule has 23 heavy (non-hydrogen) atoms. The molecule has 2 aromatic rings. The standard InChI is InChI=1S/C18H19NO4/c1-12-9-10-14(18(21)22-3)11-16(12)19-17(20)13(2)23-15-7-5-4-6-8-15/h4-11,13H,1-3H3,(H,19,20)/t13-/m1/s1. The van der Waals surface area contributed by atoms with Gasteiger partial charge in [-0.05, 0) is 43.7 Å². The van der Waals surface area contributed by atoms with Crippen molar-refractivity contribution >= 4 is 17.6 Å². The zero-order valence-corrected chi connectivity index (χ0v) is 13.3. The summed E-state index contributed by atoms with van der Waals surface area (Å²) in [4.78, 5) is 23.8. The van der Waals surface area contributed by atoms with Gasteiger partial charge in [-0.1, -0.05) is 24.3 Å². The Morgan fingerprint density at radius 2 is 1.78 bits per heavy atom. The van der Waals surface area contributed by atoms with Gasteiger partial charge in [-0.25, -0.2) is 4.79 Å². The molecule has 2 rings (SSSR count). The Morgan fingerprint density at radius 1 is 1.09 bits per heavy atom. The normalized spacial score (nSPS) is 11.4. The van der Waals surface area contributed by atoms with E-state index in [1.165, 1.54) is 7.11 Å². The Balaban J connectivity index is 2.08. The van der Waals surface area contributed by atoms with Crippen molar-refractivity contribution in [2.75, 3.05) is 12.4 Å². The predicted molar refractivity (Wildman–Crippen MR) is 87.7 cm³/mol. The van der Waals surface area contributed by atoms with Gasteiger partial charge >= 0.3 is 5.97 Å². The molecule has 0 fully saturated rings. The molecule has 1 N–H and O–H groups in total. The number of carbonyl (C=O) groups is 2. The van der Waals surface area contributed by atoms with Crippen LogP contribution in [0.1, 0.15) is 22.8 Å². The van der Waals surface area contributed by atoms with Gasteiger partial charge in [-0.15, -0.1) is 0 Å². The second-order valence-corrected chi connectivity index (χ2v) is 5.08. The lowest BCUT2D eigenvalue weighted by Gasteiger charge is -2.16. The van der Waals surface area contributed by atoms with Gasteiger partial charge in [-0.3, -0.25) is 4.79 Å². The van der Waals surface area contributed by atoms with Crippen molar-refractivity contribution < 1.29 is 19.1 Å². The third kappa shape index (κ3) is 4.32. The topological polar surface area (TPSA) is 64.6 Å². The highest BCUT2D eigenvalue weighted by Gasteiger charge is 2.17. The van der Waals surface area contributed by atoms with Gasteiger partial charge in [-0.2, -0.15) is 0 Å². The van der Waals surface area contributed by atoms with Gasteiger partial charge in [0.2, 0.25) is 0 Å². The summed E-state index contributed by atoms with van der Waals surface area (Å²) in [6.45, 7) is 3.52. The summed E-state index contributed by atoms with van der Waals surface area (Å²) < 4.78 is 10.3. The van der Waals surface area contributed by atoms with Crippen LogP contribution in [-0.4, -0.2) is 25.1 Å². The van der Waals surface area contributed by atoms with E-state index in [-0.39, 0.29) is 5.91 Å². The van der Waals surface area contributed by atoms with Crippen molar-refractivity contribution in [2.45, 2.75) is 20.0 Å². The summed E-state index contributed by atoms with van der Waals surface area (Å²) in [5.41, 5.74) is 1.78. The highest BCUT2D eigenvalue weighted by molar-refractivity contribution is 5.97. The van der Waals surface area contributed by atoms with Crippen LogP contribution in [-0.2, 0) is 9.53 Å². The lowest BCUT2D eigenvalue weighted by Crippen LogP contribution is -2.30. The number of aryl methyl sites for hydroxylation is 1. The minimum absolute atomic E-state index is 0.293. The summed E-state index contributed by atoms with van der Waals surface area (Å²) >= 11 is 0. The van der Waals surface area contributed by atoms with E-state index < -0.39 is 12.1 Å². The highest BCUT2D eigenvalue weighted by atomic mass is 16.5. The number of hydrogen-bond donors (Lipinski definition) is 1. The maximum atomic E-state index is 12.3. The van der Waals surface area contributed by atoms with Crippen molar-refractivity contribution in [3.8, 4) is 5.75 Å². The number of para-hydroxylation sites is 1. The molecule has 0 radical (unpaired) electrons. The third-order valence-electron chi connectivity index (χ3n) is 3.34. The summed E-state index contributed by atoms with van der Waals surface area (Å²) in [5, 5.41) is 2.78. The minimum Gasteiger partial charge on any atom is -0.481 e. The molecule has 1 amide bonds. The molecule has 0 spiro atoms. The summed E-state index contributed by atoms with van der Waals surface area (Å²) in [5.74, 6) is -0.122. The zero-order valence-electron chi connectivity index (χ0n) is 13.3. The average Bonchev–Trinajstić information content (AvgIpc) is 2.56. The van der Waals surface area contributed by atoms with Gasteiger partial charge in [0.05, 0.1) is 12.7 Å². The predicted octanol–water partition coefficient (Wildman–Crippen LogP) is 3.19. The SMILES string of the molecule is COC(=O)c1ccc(C)c(NC(=O)[C@@H](C)Oc2ccccc2)c1. The molecule has 0 aliphatic heterocycles. The molecule has 0 aliphatic carbocycles. The number of hydrogen-bond acceptors (Lipinski definition) is 4. The fraction of sp³-hybridized carbons (Fsp3) is 0.222. The molecule has 0 aromatic heterocycles. The van der Waals surface area contributed by atoms with E-state index in [1.807, 2.05) is 25.1 Å². The van der Waals surface area contributed by atoms with Crippen LogP contribution in [0.3, 0.4) is 0 Å². The molecule has 5 nitrogen and oxygen atoms in total. The van der Waals surface area contributed by atoms with Crippen LogP contribution in [0.25, 0.3) is 0 Å². The van der Waals surface area contributed by atoms with E-state index in [9.17, 15) is 9.59 Å². The first-order valence-corrected chi connectivity index (χ1v) is 7.23. The van der Waals surface area contributed by atoms with E-state index in [0.717, 1.165) is 5.56 Å². The molecule has 0 aliphatic rings. The van der Waals surface area contributed by atoms with Crippen LogP contribution in [0, 0.1) is 6.92 Å². The summed E-state index contributed by atoms with van der Waals surface area (Å²) in [6.07, 6.45) is -0.668.